The first-order valence-corrected chi connectivity index (χ1v) is 12.8. The summed E-state index contributed by atoms with van der Waals surface area (Å²) < 4.78 is 18.6. The Hall–Kier alpha value is -0.233. The van der Waals surface area contributed by atoms with E-state index in [1.165, 1.54) is 0 Å². The molecule has 0 spiro atoms. The molecule has 0 aromatic carbocycles. The smallest absolute Gasteiger partial charge is 0.191 e. The first-order valence-electron chi connectivity index (χ1n) is 9.93. The maximum Gasteiger partial charge on any atom is 0.191 e. The third-order valence-corrected chi connectivity index (χ3v) is 10.3. The molecule has 0 amide bonds. The Morgan fingerprint density at radius 3 is 2.40 bits per heavy atom. The molecule has 0 bridgehead atoms. The van der Waals surface area contributed by atoms with Crippen molar-refractivity contribution in [1.29, 1.82) is 0 Å². The monoisotopic (exact) mass is 372 g/mol. The van der Waals surface area contributed by atoms with Crippen LogP contribution in [0.3, 0.4) is 0 Å². The van der Waals surface area contributed by atoms with E-state index < -0.39 is 8.32 Å². The molecule has 1 rings (SSSR count). The Morgan fingerprint density at radius 2 is 1.88 bits per heavy atom. The van der Waals surface area contributed by atoms with Crippen molar-refractivity contribution < 1.29 is 18.7 Å². The van der Waals surface area contributed by atoms with E-state index in [9.17, 15) is 4.79 Å². The number of hydrogen-bond donors (Lipinski definition) is 0. The minimum Gasteiger partial charge on any atom is -0.416 e. The van der Waals surface area contributed by atoms with Gasteiger partial charge in [-0.3, -0.25) is 0 Å². The van der Waals surface area contributed by atoms with Crippen molar-refractivity contribution in [3.8, 4) is 0 Å². The van der Waals surface area contributed by atoms with Crippen LogP contribution >= 0.6 is 0 Å². The highest BCUT2D eigenvalue weighted by atomic mass is 28.4. The van der Waals surface area contributed by atoms with Crippen LogP contribution in [-0.4, -0.2) is 40.2 Å². The highest BCUT2D eigenvalue weighted by Gasteiger charge is 2.38. The average Bonchev–Trinajstić information content (AvgIpc) is 2.55. The molecule has 0 aliphatic carbocycles. The van der Waals surface area contributed by atoms with Gasteiger partial charge in [-0.25, -0.2) is 0 Å². The number of ether oxygens (including phenoxy) is 2. The van der Waals surface area contributed by atoms with Crippen LogP contribution in [0.5, 0.6) is 0 Å². The zero-order valence-corrected chi connectivity index (χ0v) is 18.5. The molecule has 5 heteroatoms. The summed E-state index contributed by atoms with van der Waals surface area (Å²) in [5.41, 5.74) is 0. The van der Waals surface area contributed by atoms with Crippen molar-refractivity contribution in [2.75, 3.05) is 13.2 Å². The van der Waals surface area contributed by atoms with E-state index >= 15 is 0 Å². The van der Waals surface area contributed by atoms with Gasteiger partial charge in [-0.05, 0) is 49.7 Å². The molecule has 148 valence electrons. The van der Waals surface area contributed by atoms with Crippen molar-refractivity contribution in [3.05, 3.63) is 0 Å². The quantitative estimate of drug-likeness (QED) is 0.392. The Bertz CT molecular complexity index is 386. The number of rotatable bonds is 10. The third kappa shape index (κ3) is 7.49. The van der Waals surface area contributed by atoms with Gasteiger partial charge in [-0.15, -0.1) is 0 Å². The highest BCUT2D eigenvalue weighted by Crippen LogP contribution is 2.37. The molecule has 0 saturated carbocycles. The molecule has 0 N–H and O–H groups in total. The van der Waals surface area contributed by atoms with Crippen LogP contribution in [0, 0.1) is 11.8 Å². The van der Waals surface area contributed by atoms with Crippen molar-refractivity contribution in [1.82, 2.24) is 0 Å². The van der Waals surface area contributed by atoms with Crippen molar-refractivity contribution in [3.63, 3.8) is 0 Å². The summed E-state index contributed by atoms with van der Waals surface area (Å²) in [6, 6.07) is 0. The summed E-state index contributed by atoms with van der Waals surface area (Å²) in [5.74, 6) is 0.593. The van der Waals surface area contributed by atoms with Gasteiger partial charge in [0.15, 0.2) is 14.6 Å². The van der Waals surface area contributed by atoms with E-state index in [1.54, 1.807) is 0 Å². The second-order valence-electron chi connectivity index (χ2n) is 9.17. The van der Waals surface area contributed by atoms with Crippen molar-refractivity contribution >= 4 is 14.6 Å². The van der Waals surface area contributed by atoms with E-state index in [1.807, 2.05) is 0 Å². The molecule has 1 saturated heterocycles. The maximum atomic E-state index is 10.8. The van der Waals surface area contributed by atoms with Crippen LogP contribution < -0.4 is 0 Å². The normalized spacial score (nSPS) is 23.1. The summed E-state index contributed by atoms with van der Waals surface area (Å²) in [5, 5.41) is 0.207. The van der Waals surface area contributed by atoms with Crippen LogP contribution in [0.4, 0.5) is 0 Å². The molecule has 1 unspecified atom stereocenters. The molecule has 0 aromatic rings. The third-order valence-electron chi connectivity index (χ3n) is 5.82. The SMILES string of the molecule is C[C@@H](CCC=O)[C@H](OC1CCCCO1)[C@@H](C)CO[Si](C)(C)C(C)(C)C. The zero-order valence-electron chi connectivity index (χ0n) is 17.5. The van der Waals surface area contributed by atoms with Crippen LogP contribution in [0.1, 0.15) is 66.7 Å². The number of hydrogen-bond acceptors (Lipinski definition) is 4. The lowest BCUT2D eigenvalue weighted by atomic mass is 9.90. The fourth-order valence-electron chi connectivity index (χ4n) is 2.97. The molecule has 1 heterocycles. The zero-order chi connectivity index (χ0) is 19.1. The molecule has 1 aliphatic heterocycles. The first-order chi connectivity index (χ1) is 11.6. The van der Waals surface area contributed by atoms with E-state index in [0.717, 1.165) is 38.6 Å². The van der Waals surface area contributed by atoms with Gasteiger partial charge in [0.25, 0.3) is 0 Å². The van der Waals surface area contributed by atoms with Crippen molar-refractivity contribution in [2.45, 2.75) is 97.2 Å². The van der Waals surface area contributed by atoms with Gasteiger partial charge in [-0.2, -0.15) is 0 Å². The second-order valence-corrected chi connectivity index (χ2v) is 14.0. The lowest BCUT2D eigenvalue weighted by molar-refractivity contribution is -0.210. The number of carbonyl (C=O) groups excluding carboxylic acids is 1. The lowest BCUT2D eigenvalue weighted by Gasteiger charge is -2.39. The minimum atomic E-state index is -1.77. The summed E-state index contributed by atoms with van der Waals surface area (Å²) >= 11 is 0. The average molecular weight is 373 g/mol. The van der Waals surface area contributed by atoms with Crippen molar-refractivity contribution in [2.24, 2.45) is 11.8 Å². The second kappa shape index (κ2) is 10.2. The van der Waals surface area contributed by atoms with E-state index in [0.29, 0.717) is 18.9 Å². The largest absolute Gasteiger partial charge is 0.416 e. The predicted octanol–water partition coefficient (Wildman–Crippen LogP) is 5.17. The van der Waals surface area contributed by atoms with E-state index in [2.05, 4.69) is 47.7 Å². The van der Waals surface area contributed by atoms with Gasteiger partial charge in [0, 0.05) is 25.6 Å². The van der Waals surface area contributed by atoms with Gasteiger partial charge < -0.3 is 18.7 Å². The molecule has 4 nitrogen and oxygen atoms in total. The van der Waals surface area contributed by atoms with Gasteiger partial charge in [0.05, 0.1) is 6.10 Å². The van der Waals surface area contributed by atoms with Gasteiger partial charge in [0.1, 0.15) is 6.29 Å². The molecular formula is C20H40O4Si. The number of aldehydes is 1. The van der Waals surface area contributed by atoms with Crippen LogP contribution in [0.2, 0.25) is 18.1 Å². The fraction of sp³-hybridized carbons (Fsp3) is 0.950. The predicted molar refractivity (Wildman–Crippen MR) is 105 cm³/mol. The molecule has 1 aliphatic rings. The molecule has 25 heavy (non-hydrogen) atoms. The van der Waals surface area contributed by atoms with E-state index in [4.69, 9.17) is 13.9 Å². The highest BCUT2D eigenvalue weighted by molar-refractivity contribution is 6.74. The summed E-state index contributed by atoms with van der Waals surface area (Å²) in [6.07, 6.45) is 5.65. The summed E-state index contributed by atoms with van der Waals surface area (Å²) in [4.78, 5) is 10.8. The first kappa shape index (κ1) is 22.8. The van der Waals surface area contributed by atoms with Crippen LogP contribution in [0.25, 0.3) is 0 Å². The van der Waals surface area contributed by atoms with Gasteiger partial charge in [0.2, 0.25) is 0 Å². The Kier molecular flexibility index (Phi) is 9.30. The minimum absolute atomic E-state index is 0.0628. The molecule has 0 radical (unpaired) electrons. The topological polar surface area (TPSA) is 44.8 Å². The lowest BCUT2D eigenvalue weighted by Crippen LogP contribution is -2.44. The standard InChI is InChI=1S/C20H40O4Si/c1-16(11-10-13-21)19(24-18-12-8-9-14-22-18)17(2)15-23-25(6,7)20(3,4)5/h13,16-19H,8-12,14-15H2,1-7H3/t16-,17-,18?,19-/m0/s1. The van der Waals surface area contributed by atoms with Crippen LogP contribution in [0.15, 0.2) is 0 Å². The molecule has 4 atom stereocenters. The molecule has 0 aromatic heterocycles. The van der Waals surface area contributed by atoms with E-state index in [-0.39, 0.29) is 23.4 Å². The maximum absolute atomic E-state index is 10.8. The summed E-state index contributed by atoms with van der Waals surface area (Å²) in [6.45, 7) is 17.2. The van der Waals surface area contributed by atoms with Gasteiger partial charge in [-0.1, -0.05) is 34.6 Å². The Balaban J connectivity index is 2.69. The molecular weight excluding hydrogens is 332 g/mol. The van der Waals surface area contributed by atoms with Gasteiger partial charge >= 0.3 is 0 Å². The van der Waals surface area contributed by atoms with Crippen LogP contribution in [-0.2, 0) is 18.7 Å². The molecule has 1 fully saturated rings. The Morgan fingerprint density at radius 1 is 1.20 bits per heavy atom. The Labute approximate surface area is 156 Å². The fourth-order valence-corrected chi connectivity index (χ4v) is 4.08. The number of carbonyl (C=O) groups is 1. The summed E-state index contributed by atoms with van der Waals surface area (Å²) in [7, 11) is -1.77.